The minimum atomic E-state index is -0.615. The number of hydrogen-bond acceptors (Lipinski definition) is 6. The third-order valence-electron chi connectivity index (χ3n) is 3.56. The third kappa shape index (κ3) is 4.45. The highest BCUT2D eigenvalue weighted by atomic mass is 35.5. The molecular weight excluding hydrogens is 374 g/mol. The highest BCUT2D eigenvalue weighted by Crippen LogP contribution is 2.33. The number of fused-ring (bicyclic) bond motifs is 1. The number of esters is 1. The van der Waals surface area contributed by atoms with E-state index in [4.69, 9.17) is 25.8 Å². The summed E-state index contributed by atoms with van der Waals surface area (Å²) in [5.74, 6) is 0.850. The fourth-order valence-electron chi connectivity index (χ4n) is 2.31. The first-order valence-corrected chi connectivity index (χ1v) is 9.45. The van der Waals surface area contributed by atoms with Gasteiger partial charge in [-0.25, -0.2) is 9.78 Å². The first-order chi connectivity index (χ1) is 12.6. The number of hydrogen-bond donors (Lipinski definition) is 0. The van der Waals surface area contributed by atoms with Crippen molar-refractivity contribution in [3.05, 3.63) is 47.5 Å². The second kappa shape index (κ2) is 8.38. The molecule has 0 aliphatic carbocycles. The number of rotatable bonds is 7. The van der Waals surface area contributed by atoms with Crippen LogP contribution in [0.3, 0.4) is 0 Å². The maximum Gasteiger partial charge on any atom is 0.347 e. The Morgan fingerprint density at radius 3 is 2.58 bits per heavy atom. The van der Waals surface area contributed by atoms with Gasteiger partial charge in [-0.15, -0.1) is 0 Å². The smallest absolute Gasteiger partial charge is 0.347 e. The van der Waals surface area contributed by atoms with E-state index in [1.54, 1.807) is 37.3 Å². The van der Waals surface area contributed by atoms with Gasteiger partial charge in [-0.05, 0) is 55.8 Å². The van der Waals surface area contributed by atoms with E-state index in [0.717, 1.165) is 10.2 Å². The van der Waals surface area contributed by atoms with Crippen molar-refractivity contribution in [1.82, 2.24) is 4.98 Å². The first-order valence-electron chi connectivity index (χ1n) is 8.26. The van der Waals surface area contributed by atoms with Crippen LogP contribution in [-0.2, 0) is 9.53 Å². The quantitative estimate of drug-likeness (QED) is 0.500. The molecule has 0 aliphatic rings. The summed E-state index contributed by atoms with van der Waals surface area (Å²) in [7, 11) is 0. The van der Waals surface area contributed by atoms with Crippen LogP contribution in [0.2, 0.25) is 5.02 Å². The summed E-state index contributed by atoms with van der Waals surface area (Å²) in [5.41, 5.74) is 0.842. The molecule has 0 N–H and O–H groups in total. The van der Waals surface area contributed by atoms with Crippen molar-refractivity contribution in [2.45, 2.75) is 26.4 Å². The van der Waals surface area contributed by atoms with Gasteiger partial charge < -0.3 is 14.2 Å². The molecule has 0 saturated heterocycles. The zero-order chi connectivity index (χ0) is 18.5. The van der Waals surface area contributed by atoms with Crippen LogP contribution in [0.5, 0.6) is 16.7 Å². The zero-order valence-corrected chi connectivity index (χ0v) is 16.0. The van der Waals surface area contributed by atoms with E-state index in [9.17, 15) is 4.79 Å². The Bertz CT molecular complexity index is 894. The standard InChI is InChI=1S/C19H18ClNO4S/c1-3-16(18(22)23-4-2)24-13-6-8-14(9-7-13)25-19-21-15-10-5-12(20)11-17(15)26-19/h5-11,16H,3-4H2,1-2H3. The van der Waals surface area contributed by atoms with Crippen LogP contribution in [-0.4, -0.2) is 23.7 Å². The van der Waals surface area contributed by atoms with E-state index in [1.807, 2.05) is 19.1 Å². The van der Waals surface area contributed by atoms with Gasteiger partial charge in [0, 0.05) is 5.02 Å². The molecule has 1 unspecified atom stereocenters. The number of aromatic nitrogens is 1. The number of nitrogens with zero attached hydrogens (tertiary/aromatic N) is 1. The van der Waals surface area contributed by atoms with Crippen molar-refractivity contribution in [2.75, 3.05) is 6.61 Å². The van der Waals surface area contributed by atoms with Crippen molar-refractivity contribution in [1.29, 1.82) is 0 Å². The van der Waals surface area contributed by atoms with Crippen LogP contribution >= 0.6 is 22.9 Å². The van der Waals surface area contributed by atoms with E-state index in [2.05, 4.69) is 4.98 Å². The molecule has 136 valence electrons. The minimum Gasteiger partial charge on any atom is -0.479 e. The van der Waals surface area contributed by atoms with Gasteiger partial charge in [0.1, 0.15) is 11.5 Å². The van der Waals surface area contributed by atoms with Crippen molar-refractivity contribution in [3.8, 4) is 16.7 Å². The fraction of sp³-hybridized carbons (Fsp3) is 0.263. The van der Waals surface area contributed by atoms with E-state index in [0.29, 0.717) is 34.7 Å². The molecule has 0 aliphatic heterocycles. The van der Waals surface area contributed by atoms with Crippen LogP contribution in [0.15, 0.2) is 42.5 Å². The molecule has 0 spiro atoms. The van der Waals surface area contributed by atoms with Gasteiger partial charge in [-0.2, -0.15) is 0 Å². The summed E-state index contributed by atoms with van der Waals surface area (Å²) in [4.78, 5) is 16.2. The molecule has 2 aromatic carbocycles. The summed E-state index contributed by atoms with van der Waals surface area (Å²) in [6, 6.07) is 12.6. The number of carbonyl (C=O) groups is 1. The Kier molecular flexibility index (Phi) is 5.96. The number of thiazole rings is 1. The summed E-state index contributed by atoms with van der Waals surface area (Å²) >= 11 is 7.42. The lowest BCUT2D eigenvalue weighted by Gasteiger charge is -2.16. The maximum absolute atomic E-state index is 11.8. The highest BCUT2D eigenvalue weighted by Gasteiger charge is 2.19. The largest absolute Gasteiger partial charge is 0.479 e. The summed E-state index contributed by atoms with van der Waals surface area (Å²) < 4.78 is 17.4. The van der Waals surface area contributed by atoms with E-state index in [1.165, 1.54) is 11.3 Å². The van der Waals surface area contributed by atoms with Gasteiger partial charge in [0.2, 0.25) is 0 Å². The van der Waals surface area contributed by atoms with E-state index >= 15 is 0 Å². The van der Waals surface area contributed by atoms with Gasteiger partial charge in [0.25, 0.3) is 5.19 Å². The molecule has 1 heterocycles. The van der Waals surface area contributed by atoms with Crippen molar-refractivity contribution >= 4 is 39.1 Å². The monoisotopic (exact) mass is 391 g/mol. The van der Waals surface area contributed by atoms with Gasteiger partial charge >= 0.3 is 5.97 Å². The van der Waals surface area contributed by atoms with Crippen molar-refractivity contribution in [3.63, 3.8) is 0 Å². The average molecular weight is 392 g/mol. The molecule has 5 nitrogen and oxygen atoms in total. The molecule has 26 heavy (non-hydrogen) atoms. The summed E-state index contributed by atoms with van der Waals surface area (Å²) in [6.07, 6.45) is -0.0820. The lowest BCUT2D eigenvalue weighted by atomic mass is 10.2. The molecule has 7 heteroatoms. The van der Waals surface area contributed by atoms with Crippen LogP contribution in [0.4, 0.5) is 0 Å². The Labute approximate surface area is 160 Å². The SMILES string of the molecule is CCOC(=O)C(CC)Oc1ccc(Oc2nc3ccc(Cl)cc3s2)cc1. The Morgan fingerprint density at radius 2 is 1.88 bits per heavy atom. The second-order valence-corrected chi connectivity index (χ2v) is 6.86. The zero-order valence-electron chi connectivity index (χ0n) is 14.4. The third-order valence-corrected chi connectivity index (χ3v) is 4.69. The molecule has 0 amide bonds. The lowest BCUT2D eigenvalue weighted by Crippen LogP contribution is -2.28. The Morgan fingerprint density at radius 1 is 1.15 bits per heavy atom. The number of ether oxygens (including phenoxy) is 3. The van der Waals surface area contributed by atoms with Crippen molar-refractivity contribution in [2.24, 2.45) is 0 Å². The minimum absolute atomic E-state index is 0.332. The Hall–Kier alpha value is -2.31. The van der Waals surface area contributed by atoms with E-state index < -0.39 is 6.10 Å². The molecule has 0 saturated carbocycles. The molecule has 1 atom stereocenters. The second-order valence-electron chi connectivity index (χ2n) is 5.43. The number of benzene rings is 2. The molecule has 0 fully saturated rings. The number of carbonyl (C=O) groups excluding carboxylic acids is 1. The predicted octanol–water partition coefficient (Wildman–Crippen LogP) is 5.46. The van der Waals surface area contributed by atoms with E-state index in [-0.39, 0.29) is 5.97 Å². The number of halogens is 1. The molecule has 3 rings (SSSR count). The molecule has 3 aromatic rings. The van der Waals surface area contributed by atoms with Gasteiger partial charge in [-0.1, -0.05) is 29.9 Å². The Balaban J connectivity index is 1.67. The molecule has 0 radical (unpaired) electrons. The molecule has 1 aromatic heterocycles. The van der Waals surface area contributed by atoms with Gasteiger partial charge in [0.15, 0.2) is 6.10 Å². The lowest BCUT2D eigenvalue weighted by molar-refractivity contribution is -0.151. The average Bonchev–Trinajstić information content (AvgIpc) is 3.02. The maximum atomic E-state index is 11.8. The van der Waals surface area contributed by atoms with Crippen LogP contribution in [0.25, 0.3) is 10.2 Å². The van der Waals surface area contributed by atoms with Gasteiger partial charge in [-0.3, -0.25) is 0 Å². The molecule has 0 bridgehead atoms. The normalized spacial score (nSPS) is 12.0. The van der Waals surface area contributed by atoms with Crippen LogP contribution < -0.4 is 9.47 Å². The fourth-order valence-corrected chi connectivity index (χ4v) is 3.42. The first kappa shape index (κ1) is 18.5. The summed E-state index contributed by atoms with van der Waals surface area (Å²) in [5, 5.41) is 1.20. The van der Waals surface area contributed by atoms with Crippen molar-refractivity contribution < 1.29 is 19.0 Å². The highest BCUT2D eigenvalue weighted by molar-refractivity contribution is 7.20. The topological polar surface area (TPSA) is 57.7 Å². The van der Waals surface area contributed by atoms with Gasteiger partial charge in [0.05, 0.1) is 16.8 Å². The molecular formula is C19H18ClNO4S. The summed E-state index contributed by atoms with van der Waals surface area (Å²) in [6.45, 7) is 3.98. The predicted molar refractivity (Wildman–Crippen MR) is 102 cm³/mol. The van der Waals surface area contributed by atoms with Crippen LogP contribution in [0.1, 0.15) is 20.3 Å². The van der Waals surface area contributed by atoms with Crippen LogP contribution in [0, 0.1) is 0 Å².